The summed E-state index contributed by atoms with van der Waals surface area (Å²) >= 11 is 0. The molecule has 4 heterocycles. The minimum absolute atomic E-state index is 0.0674. The Morgan fingerprint density at radius 3 is 1.40 bits per heavy atom. The standard InChI is InChI=1S/C27H25FN2O2.C26H23FN2O2/c1-32-27(31)22-16-30(17-22)15-20-7-9-23(24(28)13-20)26-14-21-12-19(8-10-25(21)29-26)11-18-5-3-2-4-6-18;27-23-12-19(14-29-15-21(16-29)26(30)31)6-8-22(23)25-13-20-11-18(7-9-24(20)28-25)10-17-4-2-1-3-5-17/h2-10,12-14,22,29H,11,15-17H2,1H3;1-9,11-13,21,28H,10,14-16H2,(H,30,31). The van der Waals surface area contributed by atoms with Crippen molar-refractivity contribution in [3.63, 3.8) is 0 Å². The van der Waals surface area contributed by atoms with Crippen LogP contribution in [-0.4, -0.2) is 70.1 Å². The van der Waals surface area contributed by atoms with E-state index in [0.717, 1.165) is 57.2 Å². The Labute approximate surface area is 364 Å². The number of methoxy groups -OCH3 is 1. The number of carboxylic acid groups (broad SMARTS) is 1. The molecule has 2 aliphatic heterocycles. The third-order valence-electron chi connectivity index (χ3n) is 12.1. The second kappa shape index (κ2) is 18.2. The van der Waals surface area contributed by atoms with Gasteiger partial charge in [-0.3, -0.25) is 19.4 Å². The molecule has 0 spiro atoms. The quantitative estimate of drug-likeness (QED) is 0.106. The lowest BCUT2D eigenvalue weighted by Crippen LogP contribution is -2.49. The third-order valence-corrected chi connectivity index (χ3v) is 12.1. The third kappa shape index (κ3) is 9.62. The van der Waals surface area contributed by atoms with Gasteiger partial charge in [0.25, 0.3) is 0 Å². The molecular weight excluding hydrogens is 795 g/mol. The maximum Gasteiger partial charge on any atom is 0.311 e. The van der Waals surface area contributed by atoms with E-state index in [4.69, 9.17) is 9.84 Å². The van der Waals surface area contributed by atoms with Crippen LogP contribution in [0.1, 0.15) is 33.4 Å². The second-order valence-electron chi connectivity index (χ2n) is 16.8. The van der Waals surface area contributed by atoms with Gasteiger partial charge in [0, 0.05) is 83.6 Å². The highest BCUT2D eigenvalue weighted by molar-refractivity contribution is 5.87. The fourth-order valence-electron chi connectivity index (χ4n) is 8.67. The fraction of sp³-hybridized carbons (Fsp3) is 0.208. The Hall–Kier alpha value is -6.88. The van der Waals surface area contributed by atoms with Crippen LogP contribution < -0.4 is 0 Å². The van der Waals surface area contributed by atoms with Crippen molar-refractivity contribution in [2.24, 2.45) is 11.8 Å². The van der Waals surface area contributed by atoms with Gasteiger partial charge in [0.1, 0.15) is 11.6 Å². The Bertz CT molecular complexity index is 2900. The maximum atomic E-state index is 15.0. The molecule has 0 atom stereocenters. The van der Waals surface area contributed by atoms with Crippen LogP contribution in [0.2, 0.25) is 0 Å². The van der Waals surface area contributed by atoms with Crippen molar-refractivity contribution >= 4 is 33.7 Å². The van der Waals surface area contributed by atoms with Gasteiger partial charge in [0.05, 0.1) is 18.9 Å². The molecule has 2 aromatic heterocycles. The number of aromatic amines is 2. The van der Waals surface area contributed by atoms with E-state index in [9.17, 15) is 18.4 Å². The normalized spacial score (nSPS) is 14.5. The van der Waals surface area contributed by atoms with Gasteiger partial charge in [-0.25, -0.2) is 8.78 Å². The summed E-state index contributed by atoms with van der Waals surface area (Å²) in [6, 6.07) is 48.0. The van der Waals surface area contributed by atoms with Crippen molar-refractivity contribution in [2.75, 3.05) is 33.3 Å². The minimum Gasteiger partial charge on any atom is -0.481 e. The SMILES string of the molecule is COC(=O)C1CN(Cc2ccc(-c3cc4cc(Cc5ccccc5)ccc4[nH]3)c(F)c2)C1.O=C(O)C1CN(Cc2ccc(-c3cc4cc(Cc5ccccc5)ccc4[nH]3)c(F)c2)C1. The van der Waals surface area contributed by atoms with Crippen molar-refractivity contribution < 1.29 is 28.2 Å². The molecule has 8 aromatic rings. The highest BCUT2D eigenvalue weighted by Crippen LogP contribution is 2.31. The summed E-state index contributed by atoms with van der Waals surface area (Å²) in [5.41, 5.74) is 11.3. The fourth-order valence-corrected chi connectivity index (χ4v) is 8.67. The van der Waals surface area contributed by atoms with Crippen LogP contribution in [0.5, 0.6) is 0 Å². The first-order valence-corrected chi connectivity index (χ1v) is 21.3. The topological polar surface area (TPSA) is 102 Å². The number of H-pyrrole nitrogens is 2. The molecule has 318 valence electrons. The molecule has 0 bridgehead atoms. The van der Waals surface area contributed by atoms with E-state index in [1.165, 1.54) is 29.4 Å². The first-order chi connectivity index (χ1) is 30.6. The zero-order valence-corrected chi connectivity index (χ0v) is 35.0. The van der Waals surface area contributed by atoms with E-state index in [0.29, 0.717) is 50.4 Å². The molecule has 2 saturated heterocycles. The number of esters is 1. The number of carbonyl (C=O) groups excluding carboxylic acids is 1. The highest BCUT2D eigenvalue weighted by atomic mass is 19.1. The van der Waals surface area contributed by atoms with Gasteiger partial charge in [-0.15, -0.1) is 0 Å². The molecule has 2 fully saturated rings. The Kier molecular flexibility index (Phi) is 12.0. The number of halogens is 2. The van der Waals surface area contributed by atoms with E-state index in [1.54, 1.807) is 18.2 Å². The summed E-state index contributed by atoms with van der Waals surface area (Å²) in [7, 11) is 1.41. The number of ether oxygens (including phenoxy) is 1. The molecule has 6 aromatic carbocycles. The van der Waals surface area contributed by atoms with Gasteiger partial charge < -0.3 is 19.8 Å². The number of carbonyl (C=O) groups is 2. The van der Waals surface area contributed by atoms with Crippen LogP contribution in [0, 0.1) is 23.5 Å². The number of hydrogen-bond donors (Lipinski definition) is 3. The van der Waals surface area contributed by atoms with E-state index >= 15 is 0 Å². The van der Waals surface area contributed by atoms with Gasteiger partial charge >= 0.3 is 11.9 Å². The molecule has 0 saturated carbocycles. The molecule has 3 N–H and O–H groups in total. The number of carboxylic acids is 1. The van der Waals surface area contributed by atoms with Crippen molar-refractivity contribution in [1.82, 2.24) is 19.8 Å². The minimum atomic E-state index is -0.761. The first-order valence-electron chi connectivity index (χ1n) is 21.3. The average molecular weight is 843 g/mol. The van der Waals surface area contributed by atoms with Crippen molar-refractivity contribution in [3.8, 4) is 22.5 Å². The van der Waals surface area contributed by atoms with Gasteiger partial charge in [-0.05, 0) is 107 Å². The zero-order chi connectivity index (χ0) is 43.5. The summed E-state index contributed by atoms with van der Waals surface area (Å²) in [5, 5.41) is 11.1. The number of aromatic nitrogens is 2. The molecule has 2 aliphatic rings. The largest absolute Gasteiger partial charge is 0.481 e. The van der Waals surface area contributed by atoms with Gasteiger partial charge in [0.15, 0.2) is 0 Å². The first kappa shape index (κ1) is 41.5. The predicted octanol–water partition coefficient (Wildman–Crippen LogP) is 10.3. The van der Waals surface area contributed by atoms with E-state index < -0.39 is 5.97 Å². The molecule has 10 rings (SSSR count). The number of rotatable bonds is 12. The van der Waals surface area contributed by atoms with Crippen LogP contribution in [-0.2, 0) is 40.3 Å². The summed E-state index contributed by atoms with van der Waals surface area (Å²) in [6.45, 7) is 3.54. The monoisotopic (exact) mass is 842 g/mol. The molecule has 0 aliphatic carbocycles. The summed E-state index contributed by atoms with van der Waals surface area (Å²) in [4.78, 5) is 33.3. The number of nitrogens with zero attached hydrogens (tertiary/aromatic N) is 2. The average Bonchev–Trinajstić information content (AvgIpc) is 3.88. The lowest BCUT2D eigenvalue weighted by Gasteiger charge is -2.37. The number of hydrogen-bond acceptors (Lipinski definition) is 5. The lowest BCUT2D eigenvalue weighted by molar-refractivity contribution is -0.151. The van der Waals surface area contributed by atoms with Crippen LogP contribution in [0.4, 0.5) is 8.78 Å². The summed E-state index contributed by atoms with van der Waals surface area (Å²) < 4.78 is 34.6. The molecule has 10 heteroatoms. The number of aliphatic carboxylic acids is 1. The number of fused-ring (bicyclic) bond motifs is 2. The Balaban J connectivity index is 0.000000160. The molecule has 0 unspecified atom stereocenters. The molecule has 8 nitrogen and oxygen atoms in total. The molecule has 0 radical (unpaired) electrons. The molecular formula is C53H48F2N4O4. The predicted molar refractivity (Wildman–Crippen MR) is 243 cm³/mol. The van der Waals surface area contributed by atoms with E-state index in [1.807, 2.05) is 77.7 Å². The van der Waals surface area contributed by atoms with Crippen LogP contribution >= 0.6 is 0 Å². The Morgan fingerprint density at radius 1 is 0.556 bits per heavy atom. The van der Waals surface area contributed by atoms with Gasteiger partial charge in [-0.2, -0.15) is 0 Å². The molecule has 63 heavy (non-hydrogen) atoms. The van der Waals surface area contributed by atoms with Gasteiger partial charge in [-0.1, -0.05) is 84.9 Å². The van der Waals surface area contributed by atoms with E-state index in [2.05, 4.69) is 69.5 Å². The lowest BCUT2D eigenvalue weighted by atomic mass is 9.99. The molecule has 0 amide bonds. The highest BCUT2D eigenvalue weighted by Gasteiger charge is 2.34. The Morgan fingerprint density at radius 2 is 0.984 bits per heavy atom. The van der Waals surface area contributed by atoms with Crippen LogP contribution in [0.25, 0.3) is 44.3 Å². The number of likely N-dealkylation sites (tertiary alicyclic amines) is 2. The van der Waals surface area contributed by atoms with Crippen LogP contribution in [0.15, 0.2) is 146 Å². The van der Waals surface area contributed by atoms with Crippen molar-refractivity contribution in [2.45, 2.75) is 25.9 Å². The summed E-state index contributed by atoms with van der Waals surface area (Å²) in [5.74, 6) is -1.82. The number of benzene rings is 6. The van der Waals surface area contributed by atoms with Crippen LogP contribution in [0.3, 0.4) is 0 Å². The van der Waals surface area contributed by atoms with E-state index in [-0.39, 0.29) is 29.4 Å². The van der Waals surface area contributed by atoms with Gasteiger partial charge in [0.2, 0.25) is 0 Å². The zero-order valence-electron chi connectivity index (χ0n) is 35.0. The maximum absolute atomic E-state index is 15.0. The smallest absolute Gasteiger partial charge is 0.311 e. The number of nitrogens with one attached hydrogen (secondary N) is 2. The van der Waals surface area contributed by atoms with Crippen molar-refractivity contribution in [1.29, 1.82) is 0 Å². The second-order valence-corrected chi connectivity index (χ2v) is 16.8. The van der Waals surface area contributed by atoms with Crippen molar-refractivity contribution in [3.05, 3.63) is 191 Å². The summed E-state index contributed by atoms with van der Waals surface area (Å²) in [6.07, 6.45) is 1.73.